The molecule has 9 heteroatoms. The number of amides is 1. The van der Waals surface area contributed by atoms with Gasteiger partial charge in [0.2, 0.25) is 0 Å². The van der Waals surface area contributed by atoms with Crippen LogP contribution in [0.5, 0.6) is 0 Å². The molecule has 3 rings (SSSR count). The number of carbonyl (C=O) groups excluding carboxylic acids is 1. The predicted octanol–water partition coefficient (Wildman–Crippen LogP) is 6.13. The molecule has 3 aromatic rings. The number of halogens is 2. The SMILES string of the molecule is CC(C)c1nc(CCCOC(N)=O)n(CCc2ccncc2)c1Sc1cc(Cl)cc(Cl)c1. The monoisotopic (exact) mass is 492 g/mol. The van der Waals surface area contributed by atoms with Gasteiger partial charge in [-0.3, -0.25) is 4.98 Å². The summed E-state index contributed by atoms with van der Waals surface area (Å²) >= 11 is 14.1. The van der Waals surface area contributed by atoms with Gasteiger partial charge in [0.25, 0.3) is 0 Å². The van der Waals surface area contributed by atoms with Crippen LogP contribution in [-0.4, -0.2) is 27.2 Å². The minimum Gasteiger partial charge on any atom is -0.450 e. The third-order valence-corrected chi connectivity index (χ3v) is 6.32. The molecule has 1 amide bonds. The Morgan fingerprint density at radius 2 is 1.84 bits per heavy atom. The minimum absolute atomic E-state index is 0.231. The van der Waals surface area contributed by atoms with Crippen LogP contribution in [0.4, 0.5) is 4.79 Å². The van der Waals surface area contributed by atoms with Crippen molar-refractivity contribution in [3.8, 4) is 0 Å². The summed E-state index contributed by atoms with van der Waals surface area (Å²) < 4.78 is 7.15. The molecule has 2 aromatic heterocycles. The van der Waals surface area contributed by atoms with Crippen molar-refractivity contribution in [2.45, 2.75) is 55.5 Å². The van der Waals surface area contributed by atoms with Gasteiger partial charge in [-0.15, -0.1) is 0 Å². The number of ether oxygens (including phenoxy) is 1. The summed E-state index contributed by atoms with van der Waals surface area (Å²) in [6.45, 7) is 5.28. The molecule has 0 saturated heterocycles. The van der Waals surface area contributed by atoms with Crippen molar-refractivity contribution >= 4 is 41.1 Å². The van der Waals surface area contributed by atoms with Gasteiger partial charge in [-0.1, -0.05) is 48.8 Å². The number of benzene rings is 1. The first-order valence-corrected chi connectivity index (χ1v) is 11.9. The average Bonchev–Trinajstić information content (AvgIpc) is 3.07. The number of aryl methyl sites for hydroxylation is 2. The van der Waals surface area contributed by atoms with Gasteiger partial charge in [-0.25, -0.2) is 9.78 Å². The molecule has 2 N–H and O–H groups in total. The third-order valence-electron chi connectivity index (χ3n) is 4.79. The van der Waals surface area contributed by atoms with E-state index in [-0.39, 0.29) is 12.5 Å². The highest BCUT2D eigenvalue weighted by molar-refractivity contribution is 7.99. The molecule has 0 radical (unpaired) electrons. The fourth-order valence-electron chi connectivity index (χ4n) is 3.30. The summed E-state index contributed by atoms with van der Waals surface area (Å²) in [5.41, 5.74) is 7.30. The molecule has 0 bridgehead atoms. The second kappa shape index (κ2) is 11.6. The van der Waals surface area contributed by atoms with E-state index in [0.29, 0.717) is 22.9 Å². The van der Waals surface area contributed by atoms with E-state index in [2.05, 4.69) is 23.4 Å². The Balaban J connectivity index is 1.93. The Morgan fingerprint density at radius 3 is 2.47 bits per heavy atom. The Bertz CT molecular complexity index is 1040. The highest BCUT2D eigenvalue weighted by Crippen LogP contribution is 2.37. The molecule has 1 aromatic carbocycles. The largest absolute Gasteiger partial charge is 0.450 e. The standard InChI is InChI=1S/C23H26Cl2N4O2S/c1-15(2)21-22(32-19-13-17(24)12-18(25)14-19)29(10-7-16-5-8-27-9-6-16)20(28-21)4-3-11-31-23(26)30/h5-6,8-9,12-15H,3-4,7,10-11H2,1-2H3,(H2,26,30). The Kier molecular flexibility index (Phi) is 8.84. The van der Waals surface area contributed by atoms with Crippen molar-refractivity contribution in [3.05, 3.63) is 69.9 Å². The van der Waals surface area contributed by atoms with Crippen LogP contribution in [0.2, 0.25) is 10.0 Å². The van der Waals surface area contributed by atoms with Crippen LogP contribution in [0, 0.1) is 0 Å². The summed E-state index contributed by atoms with van der Waals surface area (Å²) in [6, 6.07) is 9.57. The van der Waals surface area contributed by atoms with Crippen LogP contribution in [0.3, 0.4) is 0 Å². The van der Waals surface area contributed by atoms with Gasteiger partial charge in [0, 0.05) is 40.3 Å². The smallest absolute Gasteiger partial charge is 0.404 e. The molecule has 0 unspecified atom stereocenters. The van der Waals surface area contributed by atoms with E-state index in [1.165, 1.54) is 5.56 Å². The lowest BCUT2D eigenvalue weighted by Crippen LogP contribution is -2.15. The highest BCUT2D eigenvalue weighted by atomic mass is 35.5. The highest BCUT2D eigenvalue weighted by Gasteiger charge is 2.21. The number of nitrogens with zero attached hydrogens (tertiary/aromatic N) is 3. The van der Waals surface area contributed by atoms with E-state index in [1.54, 1.807) is 30.2 Å². The van der Waals surface area contributed by atoms with Crippen molar-refractivity contribution in [2.75, 3.05) is 6.61 Å². The number of primary amides is 1. The number of hydrogen-bond acceptors (Lipinski definition) is 5. The molecule has 0 aliphatic rings. The number of carbonyl (C=O) groups is 1. The molecule has 170 valence electrons. The van der Waals surface area contributed by atoms with Gasteiger partial charge in [0.05, 0.1) is 12.3 Å². The third kappa shape index (κ3) is 6.89. The molecule has 0 fully saturated rings. The molecule has 32 heavy (non-hydrogen) atoms. The predicted molar refractivity (Wildman–Crippen MR) is 129 cm³/mol. The van der Waals surface area contributed by atoms with E-state index in [9.17, 15) is 4.79 Å². The number of imidazole rings is 1. The molecule has 0 aliphatic carbocycles. The lowest BCUT2D eigenvalue weighted by atomic mass is 10.1. The number of pyridine rings is 1. The average molecular weight is 493 g/mol. The van der Waals surface area contributed by atoms with E-state index >= 15 is 0 Å². The minimum atomic E-state index is -0.761. The summed E-state index contributed by atoms with van der Waals surface area (Å²) in [4.78, 5) is 20.9. The summed E-state index contributed by atoms with van der Waals surface area (Å²) in [5, 5.41) is 2.26. The van der Waals surface area contributed by atoms with Crippen molar-refractivity contribution in [1.82, 2.24) is 14.5 Å². The lowest BCUT2D eigenvalue weighted by Gasteiger charge is -2.14. The van der Waals surface area contributed by atoms with Crippen LogP contribution in [0.1, 0.15) is 43.3 Å². The fraction of sp³-hybridized carbons (Fsp3) is 0.348. The second-order valence-corrected chi connectivity index (χ2v) is 9.54. The zero-order valence-electron chi connectivity index (χ0n) is 18.1. The molecular weight excluding hydrogens is 467 g/mol. The van der Waals surface area contributed by atoms with Crippen LogP contribution >= 0.6 is 35.0 Å². The molecule has 0 saturated carbocycles. The second-order valence-electron chi connectivity index (χ2n) is 7.61. The first-order chi connectivity index (χ1) is 15.3. The maximum Gasteiger partial charge on any atom is 0.404 e. The summed E-state index contributed by atoms with van der Waals surface area (Å²) in [5.74, 6) is 1.18. The zero-order valence-corrected chi connectivity index (χ0v) is 20.4. The first-order valence-electron chi connectivity index (χ1n) is 10.4. The summed E-state index contributed by atoms with van der Waals surface area (Å²) in [6.07, 6.45) is 4.98. The fourth-order valence-corrected chi connectivity index (χ4v) is 5.24. The molecular formula is C23H26Cl2N4O2S. The molecule has 2 heterocycles. The maximum absolute atomic E-state index is 10.9. The maximum atomic E-state index is 10.9. The zero-order chi connectivity index (χ0) is 23.1. The van der Waals surface area contributed by atoms with E-state index < -0.39 is 6.09 Å². The Labute approximate surface area is 202 Å². The lowest BCUT2D eigenvalue weighted by molar-refractivity contribution is 0.155. The van der Waals surface area contributed by atoms with Gasteiger partial charge in [-0.05, 0) is 54.7 Å². The number of nitrogens with two attached hydrogens (primary N) is 1. The van der Waals surface area contributed by atoms with E-state index in [4.69, 9.17) is 38.7 Å². The van der Waals surface area contributed by atoms with Crippen LogP contribution in [0.25, 0.3) is 0 Å². The molecule has 0 aliphatic heterocycles. The van der Waals surface area contributed by atoms with Crippen LogP contribution in [0.15, 0.2) is 52.6 Å². The molecule has 0 atom stereocenters. The van der Waals surface area contributed by atoms with Crippen molar-refractivity contribution < 1.29 is 9.53 Å². The topological polar surface area (TPSA) is 83.0 Å². The van der Waals surface area contributed by atoms with Gasteiger partial charge in [0.1, 0.15) is 10.9 Å². The normalized spacial score (nSPS) is 11.2. The van der Waals surface area contributed by atoms with Crippen molar-refractivity contribution in [3.63, 3.8) is 0 Å². The number of aromatic nitrogens is 3. The molecule has 0 spiro atoms. The van der Waals surface area contributed by atoms with E-state index in [0.717, 1.165) is 34.4 Å². The van der Waals surface area contributed by atoms with Gasteiger partial charge >= 0.3 is 6.09 Å². The van der Waals surface area contributed by atoms with Gasteiger partial charge in [0.15, 0.2) is 0 Å². The Morgan fingerprint density at radius 1 is 1.16 bits per heavy atom. The quantitative estimate of drug-likeness (QED) is 0.344. The van der Waals surface area contributed by atoms with Crippen LogP contribution < -0.4 is 5.73 Å². The first kappa shape index (κ1) is 24.4. The number of hydrogen-bond donors (Lipinski definition) is 1. The van der Waals surface area contributed by atoms with Gasteiger partial charge < -0.3 is 15.0 Å². The van der Waals surface area contributed by atoms with Gasteiger partial charge in [-0.2, -0.15) is 0 Å². The molecule has 6 nitrogen and oxygen atoms in total. The van der Waals surface area contributed by atoms with E-state index in [1.807, 2.05) is 24.3 Å². The van der Waals surface area contributed by atoms with Crippen molar-refractivity contribution in [2.24, 2.45) is 5.73 Å². The summed E-state index contributed by atoms with van der Waals surface area (Å²) in [7, 11) is 0. The number of rotatable bonds is 10. The van der Waals surface area contributed by atoms with Crippen LogP contribution in [-0.2, 0) is 24.1 Å². The van der Waals surface area contributed by atoms with Crippen molar-refractivity contribution in [1.29, 1.82) is 0 Å². The Hall–Kier alpha value is -2.22.